The lowest BCUT2D eigenvalue weighted by Gasteiger charge is -2.26. The minimum Gasteiger partial charge on any atom is -0.463 e. The number of nitrogens with zero attached hydrogens (tertiary/aromatic N) is 3. The molecule has 12 heteroatoms. The number of rotatable bonds is 5. The maximum atomic E-state index is 14.1. The number of hydrogen-bond donors (Lipinski definition) is 2. The Morgan fingerprint density at radius 1 is 1.21 bits per heavy atom. The van der Waals surface area contributed by atoms with Gasteiger partial charge in [-0.2, -0.15) is 0 Å². The van der Waals surface area contributed by atoms with Crippen molar-refractivity contribution in [3.63, 3.8) is 0 Å². The second kappa shape index (κ2) is 10.8. The number of carbonyl (C=O) groups excluding carboxylic acids is 1. The summed E-state index contributed by atoms with van der Waals surface area (Å²) in [6.07, 6.45) is 1.05. The van der Waals surface area contributed by atoms with Crippen molar-refractivity contribution in [1.82, 2.24) is 4.98 Å². The fourth-order valence-corrected chi connectivity index (χ4v) is 6.53. The molecule has 0 bridgehead atoms. The Labute approximate surface area is 223 Å². The number of aromatic nitrogens is 1. The average molecular weight is 563 g/mol. The standard InChI is InChI=1S/C26H28F2N4O4S2/c1-16-8-13-37-22(16)20-15-29-23(32-11-5-9-26(27,28)10-12-32)21(17(20)2)24(33)30-18-6-4-7-19(14-18)38(3,36)31-25(34)35/h4,6-8,13-15H,5,9-12H2,1-3H3,(H,30,33)(H,34,35). The van der Waals surface area contributed by atoms with Crippen molar-refractivity contribution in [2.45, 2.75) is 43.9 Å². The van der Waals surface area contributed by atoms with Crippen molar-refractivity contribution in [3.05, 3.63) is 58.6 Å². The number of hydrogen-bond acceptors (Lipinski definition) is 6. The molecule has 0 saturated carbocycles. The quantitative estimate of drug-likeness (QED) is 0.370. The van der Waals surface area contributed by atoms with Gasteiger partial charge in [0, 0.05) is 59.4 Å². The molecule has 0 radical (unpaired) electrons. The summed E-state index contributed by atoms with van der Waals surface area (Å²) in [5.41, 5.74) is 3.01. The Morgan fingerprint density at radius 3 is 2.66 bits per heavy atom. The molecule has 1 atom stereocenters. The summed E-state index contributed by atoms with van der Waals surface area (Å²) in [6, 6.07) is 7.98. The fraction of sp³-hybridized carbons (Fsp3) is 0.346. The Hall–Kier alpha value is -3.38. The molecule has 4 rings (SSSR count). The highest BCUT2D eigenvalue weighted by Crippen LogP contribution is 2.37. The zero-order chi connectivity index (χ0) is 27.7. The van der Waals surface area contributed by atoms with Gasteiger partial charge < -0.3 is 15.3 Å². The monoisotopic (exact) mass is 562 g/mol. The van der Waals surface area contributed by atoms with Crippen LogP contribution in [0, 0.1) is 13.8 Å². The Kier molecular flexibility index (Phi) is 7.84. The zero-order valence-corrected chi connectivity index (χ0v) is 22.8. The number of nitrogens with one attached hydrogen (secondary N) is 1. The molecular weight excluding hydrogens is 534 g/mol. The minimum absolute atomic E-state index is 0.0567. The second-order valence-electron chi connectivity index (χ2n) is 9.28. The average Bonchev–Trinajstić information content (AvgIpc) is 3.16. The van der Waals surface area contributed by atoms with Crippen molar-refractivity contribution < 1.29 is 27.7 Å². The van der Waals surface area contributed by atoms with Crippen LogP contribution in [0.5, 0.6) is 0 Å². The minimum atomic E-state index is -3.24. The first-order valence-corrected chi connectivity index (χ1v) is 14.7. The second-order valence-corrected chi connectivity index (χ2v) is 12.5. The highest BCUT2D eigenvalue weighted by Gasteiger charge is 2.33. The Morgan fingerprint density at radius 2 is 1.97 bits per heavy atom. The molecule has 3 aromatic rings. The predicted octanol–water partition coefficient (Wildman–Crippen LogP) is 6.44. The molecule has 0 aliphatic carbocycles. The summed E-state index contributed by atoms with van der Waals surface area (Å²) in [5.74, 6) is -2.95. The molecule has 2 amide bonds. The van der Waals surface area contributed by atoms with E-state index in [0.717, 1.165) is 16.0 Å². The van der Waals surface area contributed by atoms with E-state index in [-0.39, 0.29) is 42.0 Å². The van der Waals surface area contributed by atoms with Gasteiger partial charge in [-0.1, -0.05) is 6.07 Å². The molecule has 3 heterocycles. The SMILES string of the molecule is Cc1ccsc1-c1cnc(N2CCCC(F)(F)CC2)c(C(=O)Nc2cccc(S(C)(=O)=NC(=O)O)c2)c1C. The van der Waals surface area contributed by atoms with Crippen LogP contribution >= 0.6 is 11.3 Å². The Bertz CT molecular complexity index is 1510. The van der Waals surface area contributed by atoms with Gasteiger partial charge in [-0.05, 0) is 61.0 Å². The van der Waals surface area contributed by atoms with Gasteiger partial charge >= 0.3 is 6.09 Å². The van der Waals surface area contributed by atoms with Crippen LogP contribution in [0.4, 0.5) is 25.1 Å². The van der Waals surface area contributed by atoms with E-state index in [1.54, 1.807) is 23.2 Å². The summed E-state index contributed by atoms with van der Waals surface area (Å²) in [4.78, 5) is 32.2. The van der Waals surface area contributed by atoms with E-state index in [2.05, 4.69) is 14.7 Å². The van der Waals surface area contributed by atoms with Crippen LogP contribution in [0.25, 0.3) is 10.4 Å². The highest BCUT2D eigenvalue weighted by atomic mass is 32.2. The molecule has 1 fully saturated rings. The first-order valence-electron chi connectivity index (χ1n) is 11.9. The van der Waals surface area contributed by atoms with Crippen LogP contribution < -0.4 is 10.2 Å². The number of halogens is 2. The number of pyridine rings is 1. The largest absolute Gasteiger partial charge is 0.463 e. The first kappa shape index (κ1) is 27.6. The van der Waals surface area contributed by atoms with E-state index >= 15 is 0 Å². The van der Waals surface area contributed by atoms with E-state index in [0.29, 0.717) is 17.9 Å². The van der Waals surface area contributed by atoms with Gasteiger partial charge in [0.05, 0.1) is 15.3 Å². The van der Waals surface area contributed by atoms with Crippen LogP contribution in [0.2, 0.25) is 0 Å². The van der Waals surface area contributed by atoms with Crippen molar-refractivity contribution in [2.24, 2.45) is 4.36 Å². The fourth-order valence-electron chi connectivity index (χ4n) is 4.46. The van der Waals surface area contributed by atoms with Crippen LogP contribution in [0.1, 0.15) is 40.7 Å². The molecule has 1 aliphatic heterocycles. The molecule has 38 heavy (non-hydrogen) atoms. The van der Waals surface area contributed by atoms with Crippen LogP contribution in [-0.4, -0.2) is 51.6 Å². The lowest BCUT2D eigenvalue weighted by atomic mass is 10.0. The molecule has 1 saturated heterocycles. The van der Waals surface area contributed by atoms with E-state index in [1.807, 2.05) is 25.3 Å². The molecular formula is C26H28F2N4O4S2. The topological polar surface area (TPSA) is 112 Å². The lowest BCUT2D eigenvalue weighted by molar-refractivity contribution is -0.0102. The molecule has 8 nitrogen and oxygen atoms in total. The number of anilines is 2. The third-order valence-electron chi connectivity index (χ3n) is 6.45. The summed E-state index contributed by atoms with van der Waals surface area (Å²) >= 11 is 1.52. The normalized spacial score (nSPS) is 16.8. The molecule has 2 aromatic heterocycles. The summed E-state index contributed by atoms with van der Waals surface area (Å²) < 4.78 is 44.2. The van der Waals surface area contributed by atoms with Gasteiger partial charge in [0.15, 0.2) is 0 Å². The molecule has 202 valence electrons. The highest BCUT2D eigenvalue weighted by molar-refractivity contribution is 7.93. The van der Waals surface area contributed by atoms with Crippen LogP contribution in [0.3, 0.4) is 0 Å². The third kappa shape index (κ3) is 6.02. The van der Waals surface area contributed by atoms with E-state index in [4.69, 9.17) is 5.11 Å². The summed E-state index contributed by atoms with van der Waals surface area (Å²) in [7, 11) is -3.24. The maximum absolute atomic E-state index is 14.1. The van der Waals surface area contributed by atoms with Crippen LogP contribution in [-0.2, 0) is 9.73 Å². The van der Waals surface area contributed by atoms with Gasteiger partial charge in [-0.25, -0.2) is 22.8 Å². The summed E-state index contributed by atoms with van der Waals surface area (Å²) in [5, 5.41) is 13.7. The first-order chi connectivity index (χ1) is 17.9. The number of amides is 2. The number of benzene rings is 1. The number of alkyl halides is 2. The van der Waals surface area contributed by atoms with Gasteiger partial charge in [0.2, 0.25) is 5.92 Å². The van der Waals surface area contributed by atoms with Crippen LogP contribution in [0.15, 0.2) is 51.2 Å². The molecule has 1 aromatic carbocycles. The van der Waals surface area contributed by atoms with Gasteiger partial charge in [0.1, 0.15) is 5.82 Å². The smallest absolute Gasteiger partial charge is 0.439 e. The van der Waals surface area contributed by atoms with Crippen molar-refractivity contribution in [2.75, 3.05) is 29.6 Å². The van der Waals surface area contributed by atoms with Crippen molar-refractivity contribution >= 4 is 44.6 Å². The Balaban J connectivity index is 1.77. The molecule has 2 N–H and O–H groups in total. The number of thiophene rings is 1. The van der Waals surface area contributed by atoms with E-state index in [1.165, 1.54) is 29.7 Å². The van der Waals surface area contributed by atoms with Gasteiger partial charge in [-0.3, -0.25) is 4.79 Å². The molecule has 1 unspecified atom stereocenters. The molecule has 1 aliphatic rings. The van der Waals surface area contributed by atoms with Gasteiger partial charge in [-0.15, -0.1) is 15.7 Å². The number of aryl methyl sites for hydroxylation is 1. The van der Waals surface area contributed by atoms with Crippen molar-refractivity contribution in [1.29, 1.82) is 0 Å². The van der Waals surface area contributed by atoms with Crippen molar-refractivity contribution in [3.8, 4) is 10.4 Å². The maximum Gasteiger partial charge on any atom is 0.439 e. The number of carbonyl (C=O) groups is 2. The predicted molar refractivity (Wildman–Crippen MR) is 145 cm³/mol. The lowest BCUT2D eigenvalue weighted by Crippen LogP contribution is -2.30. The molecule has 0 spiro atoms. The van der Waals surface area contributed by atoms with E-state index < -0.39 is 27.7 Å². The van der Waals surface area contributed by atoms with Gasteiger partial charge in [0.25, 0.3) is 5.91 Å². The summed E-state index contributed by atoms with van der Waals surface area (Å²) in [6.45, 7) is 4.17. The number of carboxylic acid groups (broad SMARTS) is 1. The van der Waals surface area contributed by atoms with E-state index in [9.17, 15) is 22.6 Å². The zero-order valence-electron chi connectivity index (χ0n) is 21.2. The third-order valence-corrected chi connectivity index (χ3v) is 9.13.